The summed E-state index contributed by atoms with van der Waals surface area (Å²) >= 11 is 0. The molecule has 4 aromatic rings. The highest BCUT2D eigenvalue weighted by atomic mass is 16.6. The molecule has 1 N–H and O–H groups in total. The average molecular weight is 426 g/mol. The Morgan fingerprint density at radius 1 is 1.03 bits per heavy atom. The number of H-pyrrole nitrogens is 1. The third-order valence-electron chi connectivity index (χ3n) is 5.07. The van der Waals surface area contributed by atoms with E-state index < -0.39 is 16.3 Å². The van der Waals surface area contributed by atoms with Crippen molar-refractivity contribution in [1.29, 1.82) is 0 Å². The van der Waals surface area contributed by atoms with Gasteiger partial charge in [-0.3, -0.25) is 19.7 Å². The Morgan fingerprint density at radius 2 is 1.75 bits per heavy atom. The van der Waals surface area contributed by atoms with Gasteiger partial charge in [0.15, 0.2) is 5.78 Å². The van der Waals surface area contributed by atoms with Gasteiger partial charge in [-0.05, 0) is 29.8 Å². The highest BCUT2D eigenvalue weighted by Crippen LogP contribution is 2.32. The lowest BCUT2D eigenvalue weighted by atomic mass is 9.93. The van der Waals surface area contributed by atoms with Crippen molar-refractivity contribution in [3.05, 3.63) is 110 Å². The molecule has 0 aliphatic rings. The van der Waals surface area contributed by atoms with E-state index in [9.17, 15) is 19.7 Å². The number of methoxy groups -OCH3 is 1. The summed E-state index contributed by atoms with van der Waals surface area (Å²) in [6.07, 6.45) is 2.88. The Kier molecular flexibility index (Phi) is 5.63. The van der Waals surface area contributed by atoms with E-state index in [1.165, 1.54) is 31.4 Å². The maximum Gasteiger partial charge on any atom is 0.270 e. The summed E-state index contributed by atoms with van der Waals surface area (Å²) in [4.78, 5) is 39.7. The number of carbonyl (C=O) groups is 1. The van der Waals surface area contributed by atoms with E-state index >= 15 is 0 Å². The van der Waals surface area contributed by atoms with Crippen molar-refractivity contribution in [2.75, 3.05) is 7.11 Å². The van der Waals surface area contributed by atoms with E-state index in [-0.39, 0.29) is 11.3 Å². The molecule has 32 heavy (non-hydrogen) atoms. The lowest BCUT2D eigenvalue weighted by molar-refractivity contribution is -0.384. The molecule has 1 aromatic heterocycles. The minimum Gasteiger partial charge on any atom is -0.496 e. The van der Waals surface area contributed by atoms with Crippen LogP contribution in [-0.2, 0) is 0 Å². The van der Waals surface area contributed by atoms with Crippen molar-refractivity contribution >= 4 is 28.4 Å². The van der Waals surface area contributed by atoms with E-state index in [1.54, 1.807) is 42.5 Å². The van der Waals surface area contributed by atoms with Crippen LogP contribution in [0.15, 0.2) is 83.7 Å². The molecule has 0 atom stereocenters. The highest BCUT2D eigenvalue weighted by Gasteiger charge is 2.21. The largest absolute Gasteiger partial charge is 0.496 e. The van der Waals surface area contributed by atoms with Gasteiger partial charge in [-0.15, -0.1) is 0 Å². The van der Waals surface area contributed by atoms with E-state index in [0.29, 0.717) is 33.3 Å². The molecular formula is C25H18N2O5. The van der Waals surface area contributed by atoms with Crippen LogP contribution in [0.2, 0.25) is 0 Å². The SMILES string of the molecule is COc1ccccc1C=CC(=O)c1c(-c2ccccc2)c2cc([N+](=O)[O-])ccc2[nH]c1=O. The quantitative estimate of drug-likeness (QED) is 0.202. The van der Waals surface area contributed by atoms with Gasteiger partial charge in [0.1, 0.15) is 5.75 Å². The number of benzene rings is 3. The zero-order chi connectivity index (χ0) is 22.7. The van der Waals surface area contributed by atoms with Crippen LogP contribution < -0.4 is 10.3 Å². The summed E-state index contributed by atoms with van der Waals surface area (Å²) in [7, 11) is 1.53. The lowest BCUT2D eigenvalue weighted by Gasteiger charge is -2.11. The van der Waals surface area contributed by atoms with Crippen LogP contribution in [-0.4, -0.2) is 22.8 Å². The molecule has 158 valence electrons. The molecule has 0 saturated carbocycles. The van der Waals surface area contributed by atoms with Crippen LogP contribution in [0.25, 0.3) is 28.1 Å². The minimum atomic E-state index is -0.570. The molecule has 0 aliphatic carbocycles. The van der Waals surface area contributed by atoms with Gasteiger partial charge < -0.3 is 9.72 Å². The molecule has 0 fully saturated rings. The summed E-state index contributed by atoms with van der Waals surface area (Å²) in [6, 6.07) is 20.2. The molecule has 4 rings (SSSR count). The van der Waals surface area contributed by atoms with Crippen molar-refractivity contribution in [3.63, 3.8) is 0 Å². The normalized spacial score (nSPS) is 11.0. The third-order valence-corrected chi connectivity index (χ3v) is 5.07. The Balaban J connectivity index is 1.95. The first-order chi connectivity index (χ1) is 15.5. The molecule has 0 spiro atoms. The van der Waals surface area contributed by atoms with Crippen LogP contribution in [0.3, 0.4) is 0 Å². The Bertz CT molecular complexity index is 1420. The van der Waals surface area contributed by atoms with Crippen LogP contribution in [0.4, 0.5) is 5.69 Å². The van der Waals surface area contributed by atoms with E-state index in [2.05, 4.69) is 4.98 Å². The number of nitrogens with zero attached hydrogens (tertiary/aromatic N) is 1. The molecule has 1 heterocycles. The average Bonchev–Trinajstić information content (AvgIpc) is 2.82. The van der Waals surface area contributed by atoms with Gasteiger partial charge in [0.25, 0.3) is 11.2 Å². The fraction of sp³-hybridized carbons (Fsp3) is 0.0400. The number of rotatable bonds is 6. The van der Waals surface area contributed by atoms with Crippen LogP contribution in [0.1, 0.15) is 15.9 Å². The number of nitrogens with one attached hydrogen (secondary N) is 1. The second kappa shape index (κ2) is 8.69. The third kappa shape index (κ3) is 3.91. The van der Waals surface area contributed by atoms with Gasteiger partial charge in [0.2, 0.25) is 0 Å². The summed E-state index contributed by atoms with van der Waals surface area (Å²) < 4.78 is 5.30. The van der Waals surface area contributed by atoms with Crippen molar-refractivity contribution in [1.82, 2.24) is 4.98 Å². The molecule has 0 saturated heterocycles. The number of hydrogen-bond acceptors (Lipinski definition) is 5. The Hall–Kier alpha value is -4.52. The molecular weight excluding hydrogens is 408 g/mol. The maximum atomic E-state index is 13.2. The van der Waals surface area contributed by atoms with Gasteiger partial charge in [-0.1, -0.05) is 48.5 Å². The number of hydrogen-bond donors (Lipinski definition) is 1. The van der Waals surface area contributed by atoms with Crippen molar-refractivity contribution in [3.8, 4) is 16.9 Å². The molecule has 7 heteroatoms. The summed E-state index contributed by atoms with van der Waals surface area (Å²) in [5, 5.41) is 11.8. The number of ether oxygens (including phenoxy) is 1. The van der Waals surface area contributed by atoms with Crippen molar-refractivity contribution < 1.29 is 14.5 Å². The fourth-order valence-corrected chi connectivity index (χ4v) is 3.59. The number of nitro benzene ring substituents is 1. The first-order valence-corrected chi connectivity index (χ1v) is 9.75. The smallest absolute Gasteiger partial charge is 0.270 e. The summed E-state index contributed by atoms with van der Waals surface area (Å²) in [5.41, 5.74) is 1.25. The molecule has 0 bridgehead atoms. The van der Waals surface area contributed by atoms with Crippen LogP contribution in [0, 0.1) is 10.1 Å². The number of non-ortho nitro benzene ring substituents is 1. The zero-order valence-corrected chi connectivity index (χ0v) is 17.1. The highest BCUT2D eigenvalue weighted by molar-refractivity contribution is 6.15. The van der Waals surface area contributed by atoms with Crippen molar-refractivity contribution in [2.45, 2.75) is 0 Å². The zero-order valence-electron chi connectivity index (χ0n) is 17.1. The number of carbonyl (C=O) groups excluding carboxylic acids is 1. The summed E-state index contributed by atoms with van der Waals surface area (Å²) in [5.74, 6) is 0.0623. The van der Waals surface area contributed by atoms with Crippen molar-refractivity contribution in [2.24, 2.45) is 0 Å². The monoisotopic (exact) mass is 426 g/mol. The van der Waals surface area contributed by atoms with Gasteiger partial charge in [-0.25, -0.2) is 0 Å². The first kappa shape index (κ1) is 20.7. The fourth-order valence-electron chi connectivity index (χ4n) is 3.59. The van der Waals surface area contributed by atoms with Gasteiger partial charge in [0, 0.05) is 34.2 Å². The van der Waals surface area contributed by atoms with Gasteiger partial charge >= 0.3 is 0 Å². The summed E-state index contributed by atoms with van der Waals surface area (Å²) in [6.45, 7) is 0. The molecule has 0 aliphatic heterocycles. The predicted molar refractivity (Wildman–Crippen MR) is 123 cm³/mol. The number of allylic oxidation sites excluding steroid dienone is 1. The van der Waals surface area contributed by atoms with E-state index in [4.69, 9.17) is 4.74 Å². The minimum absolute atomic E-state index is 0.0876. The molecule has 7 nitrogen and oxygen atoms in total. The van der Waals surface area contributed by atoms with Gasteiger partial charge in [-0.2, -0.15) is 0 Å². The number of aromatic amines is 1. The molecule has 0 unspecified atom stereocenters. The van der Waals surface area contributed by atoms with E-state index in [1.807, 2.05) is 18.2 Å². The number of fused-ring (bicyclic) bond motifs is 1. The number of para-hydroxylation sites is 1. The van der Waals surface area contributed by atoms with E-state index in [0.717, 1.165) is 0 Å². The first-order valence-electron chi connectivity index (χ1n) is 9.75. The topological polar surface area (TPSA) is 102 Å². The Morgan fingerprint density at radius 3 is 2.47 bits per heavy atom. The van der Waals surface area contributed by atoms with Crippen LogP contribution >= 0.6 is 0 Å². The van der Waals surface area contributed by atoms with Gasteiger partial charge in [0.05, 0.1) is 17.6 Å². The number of nitro groups is 1. The predicted octanol–water partition coefficient (Wildman–Crippen LogP) is 5.01. The Labute approximate surface area is 182 Å². The number of pyridine rings is 1. The number of aromatic nitrogens is 1. The number of ketones is 1. The second-order valence-electron chi connectivity index (χ2n) is 7.00. The van der Waals surface area contributed by atoms with Crippen LogP contribution in [0.5, 0.6) is 5.75 Å². The lowest BCUT2D eigenvalue weighted by Crippen LogP contribution is -2.18. The maximum absolute atomic E-state index is 13.2. The second-order valence-corrected chi connectivity index (χ2v) is 7.00. The molecule has 0 amide bonds. The standard InChI is InChI=1S/C25H18N2O5/c1-32-22-10-6-5-7-16(22)11-14-21(28)24-23(17-8-3-2-4-9-17)19-15-18(27(30)31)12-13-20(19)26-25(24)29/h2-15H,1H3,(H,26,29). The molecule has 3 aromatic carbocycles. The molecule has 0 radical (unpaired) electrons.